The molecule has 0 amide bonds. The number of hydrogen-bond acceptors (Lipinski definition) is 3. The lowest BCUT2D eigenvalue weighted by Gasteiger charge is -2.22. The average molecular weight is 310 g/mol. The van der Waals surface area contributed by atoms with Crippen molar-refractivity contribution < 1.29 is 9.53 Å². The molecular weight excluding hydrogens is 286 g/mol. The van der Waals surface area contributed by atoms with Crippen molar-refractivity contribution in [3.63, 3.8) is 0 Å². The van der Waals surface area contributed by atoms with E-state index in [2.05, 4.69) is 11.8 Å². The molecule has 1 saturated heterocycles. The zero-order chi connectivity index (χ0) is 13.9. The number of fused-ring (bicyclic) bond motifs is 1. The Balaban J connectivity index is 0.00000161. The van der Waals surface area contributed by atoms with Crippen LogP contribution in [0.2, 0.25) is 0 Å². The monoisotopic (exact) mass is 309 g/mol. The highest BCUT2D eigenvalue weighted by Crippen LogP contribution is 2.36. The van der Waals surface area contributed by atoms with Crippen molar-refractivity contribution in [1.82, 2.24) is 4.90 Å². The fourth-order valence-corrected chi connectivity index (χ4v) is 3.46. The van der Waals surface area contributed by atoms with Crippen molar-refractivity contribution >= 4 is 18.2 Å². The maximum Gasteiger partial charge on any atom is 0.163 e. The first kappa shape index (κ1) is 16.3. The topological polar surface area (TPSA) is 29.5 Å². The Morgan fingerprint density at radius 1 is 1.33 bits per heavy atom. The van der Waals surface area contributed by atoms with Crippen LogP contribution in [-0.4, -0.2) is 30.3 Å². The molecular formula is C17H24ClNO2. The lowest BCUT2D eigenvalue weighted by Crippen LogP contribution is -2.31. The van der Waals surface area contributed by atoms with Gasteiger partial charge in [0.15, 0.2) is 5.78 Å². The molecule has 2 heterocycles. The molecule has 0 aromatic rings. The van der Waals surface area contributed by atoms with Gasteiger partial charge in [-0.3, -0.25) is 4.79 Å². The zero-order valence-corrected chi connectivity index (χ0v) is 13.5. The van der Waals surface area contributed by atoms with Crippen LogP contribution >= 0.6 is 12.4 Å². The van der Waals surface area contributed by atoms with Crippen LogP contribution in [0.15, 0.2) is 35.3 Å². The van der Waals surface area contributed by atoms with Gasteiger partial charge in [-0.25, -0.2) is 0 Å². The molecule has 3 nitrogen and oxygen atoms in total. The fourth-order valence-electron chi connectivity index (χ4n) is 3.46. The van der Waals surface area contributed by atoms with E-state index >= 15 is 0 Å². The van der Waals surface area contributed by atoms with Gasteiger partial charge in [0.25, 0.3) is 0 Å². The lowest BCUT2D eigenvalue weighted by atomic mass is 9.92. The molecule has 116 valence electrons. The van der Waals surface area contributed by atoms with Gasteiger partial charge in [-0.1, -0.05) is 6.92 Å². The maximum atomic E-state index is 12.8. The van der Waals surface area contributed by atoms with E-state index < -0.39 is 0 Å². The summed E-state index contributed by atoms with van der Waals surface area (Å²) < 4.78 is 5.21. The molecule has 1 unspecified atom stereocenters. The first-order chi connectivity index (χ1) is 9.79. The van der Waals surface area contributed by atoms with Gasteiger partial charge in [0, 0.05) is 18.0 Å². The molecule has 21 heavy (non-hydrogen) atoms. The third kappa shape index (κ3) is 3.41. The molecule has 4 heteroatoms. The van der Waals surface area contributed by atoms with E-state index in [0.29, 0.717) is 5.78 Å². The second-order valence-electron chi connectivity index (χ2n) is 5.95. The number of halogens is 1. The highest BCUT2D eigenvalue weighted by molar-refractivity contribution is 6.00. The van der Waals surface area contributed by atoms with Crippen LogP contribution in [0.3, 0.4) is 0 Å². The number of ether oxygens (including phenoxy) is 1. The number of carbonyl (C=O) groups is 1. The van der Waals surface area contributed by atoms with Gasteiger partial charge in [-0.15, -0.1) is 12.4 Å². The zero-order valence-electron chi connectivity index (χ0n) is 12.6. The SMILES string of the molecule is CCC(CN1CCCC1)C(=O)C1=C2C=COC=C2CC1.Cl. The minimum Gasteiger partial charge on any atom is -0.472 e. The predicted molar refractivity (Wildman–Crippen MR) is 86.3 cm³/mol. The summed E-state index contributed by atoms with van der Waals surface area (Å²) >= 11 is 0. The number of nitrogens with zero attached hydrogens (tertiary/aromatic N) is 1. The fraction of sp³-hybridized carbons (Fsp3) is 0.588. The van der Waals surface area contributed by atoms with Gasteiger partial charge in [0.05, 0.1) is 12.5 Å². The molecule has 0 aromatic carbocycles. The van der Waals surface area contributed by atoms with Crippen molar-refractivity contribution in [1.29, 1.82) is 0 Å². The summed E-state index contributed by atoms with van der Waals surface area (Å²) in [4.78, 5) is 15.3. The number of carbonyl (C=O) groups excluding carboxylic acids is 1. The van der Waals surface area contributed by atoms with Crippen LogP contribution < -0.4 is 0 Å². The number of allylic oxidation sites excluding steroid dienone is 4. The molecule has 0 bridgehead atoms. The summed E-state index contributed by atoms with van der Waals surface area (Å²) in [6, 6.07) is 0. The highest BCUT2D eigenvalue weighted by Gasteiger charge is 2.30. The Hall–Kier alpha value is -1.06. The summed E-state index contributed by atoms with van der Waals surface area (Å²) in [6.07, 6.45) is 10.8. The Labute approximate surface area is 133 Å². The Morgan fingerprint density at radius 3 is 2.81 bits per heavy atom. The summed E-state index contributed by atoms with van der Waals surface area (Å²) in [7, 11) is 0. The quantitative estimate of drug-likeness (QED) is 0.777. The van der Waals surface area contributed by atoms with Crippen molar-refractivity contribution in [2.45, 2.75) is 39.0 Å². The number of ketones is 1. The molecule has 1 atom stereocenters. The summed E-state index contributed by atoms with van der Waals surface area (Å²) in [5, 5.41) is 0. The van der Waals surface area contributed by atoms with Crippen LogP contribution in [0.4, 0.5) is 0 Å². The van der Waals surface area contributed by atoms with Crippen LogP contribution in [0.5, 0.6) is 0 Å². The Kier molecular flexibility index (Phi) is 5.65. The molecule has 0 aromatic heterocycles. The van der Waals surface area contributed by atoms with Crippen molar-refractivity contribution in [2.75, 3.05) is 19.6 Å². The third-order valence-electron chi connectivity index (χ3n) is 4.68. The first-order valence-electron chi connectivity index (χ1n) is 7.80. The van der Waals surface area contributed by atoms with Crippen molar-refractivity contribution in [3.8, 4) is 0 Å². The Bertz CT molecular complexity index is 487. The maximum absolute atomic E-state index is 12.8. The van der Waals surface area contributed by atoms with E-state index in [4.69, 9.17) is 4.74 Å². The number of Topliss-reactive ketones (excluding diaryl/α,β-unsaturated/α-hetero) is 1. The molecule has 0 saturated carbocycles. The molecule has 2 aliphatic heterocycles. The summed E-state index contributed by atoms with van der Waals surface area (Å²) in [6.45, 7) is 5.39. The predicted octanol–water partition coefficient (Wildman–Crippen LogP) is 3.62. The van der Waals surface area contributed by atoms with Crippen LogP contribution in [0, 0.1) is 5.92 Å². The second-order valence-corrected chi connectivity index (χ2v) is 5.95. The van der Waals surface area contributed by atoms with E-state index in [1.54, 1.807) is 12.5 Å². The molecule has 1 fully saturated rings. The van der Waals surface area contributed by atoms with Gasteiger partial charge in [0.2, 0.25) is 0 Å². The van der Waals surface area contributed by atoms with Gasteiger partial charge in [-0.05, 0) is 62.4 Å². The summed E-state index contributed by atoms with van der Waals surface area (Å²) in [5.41, 5.74) is 3.34. The second kappa shape index (κ2) is 7.28. The standard InChI is InChI=1S/C17H23NO2.ClH/c1-2-13(11-18-8-3-4-9-18)17(19)16-6-5-14-12-20-10-7-15(14)16;/h7,10,12-13H,2-6,8-9,11H2,1H3;1H. The number of rotatable bonds is 5. The molecule has 0 radical (unpaired) electrons. The van der Waals surface area contributed by atoms with Crippen LogP contribution in [0.1, 0.15) is 39.0 Å². The third-order valence-corrected chi connectivity index (χ3v) is 4.68. The van der Waals surface area contributed by atoms with E-state index in [-0.39, 0.29) is 18.3 Å². The molecule has 0 spiro atoms. The average Bonchev–Trinajstić information content (AvgIpc) is 3.13. The van der Waals surface area contributed by atoms with Crippen LogP contribution in [0.25, 0.3) is 0 Å². The van der Waals surface area contributed by atoms with Crippen LogP contribution in [-0.2, 0) is 9.53 Å². The molecule has 0 N–H and O–H groups in total. The van der Waals surface area contributed by atoms with Crippen molar-refractivity contribution in [2.24, 2.45) is 5.92 Å². The van der Waals surface area contributed by atoms with E-state index in [1.807, 2.05) is 6.08 Å². The normalized spacial score (nSPS) is 22.4. The van der Waals surface area contributed by atoms with Crippen molar-refractivity contribution in [3.05, 3.63) is 35.3 Å². The molecule has 3 aliphatic rings. The van der Waals surface area contributed by atoms with E-state index in [9.17, 15) is 4.79 Å². The van der Waals surface area contributed by atoms with E-state index in [1.165, 1.54) is 18.4 Å². The largest absolute Gasteiger partial charge is 0.472 e. The molecule has 1 aliphatic carbocycles. The number of likely N-dealkylation sites (tertiary alicyclic amines) is 1. The van der Waals surface area contributed by atoms with Gasteiger partial charge in [0.1, 0.15) is 0 Å². The smallest absolute Gasteiger partial charge is 0.163 e. The highest BCUT2D eigenvalue weighted by atomic mass is 35.5. The molecule has 3 rings (SSSR count). The first-order valence-corrected chi connectivity index (χ1v) is 7.80. The minimum atomic E-state index is 0. The lowest BCUT2D eigenvalue weighted by molar-refractivity contribution is -0.119. The van der Waals surface area contributed by atoms with E-state index in [0.717, 1.165) is 50.0 Å². The minimum absolute atomic E-state index is 0. The summed E-state index contributed by atoms with van der Waals surface area (Å²) in [5.74, 6) is 0.524. The van der Waals surface area contributed by atoms with Gasteiger partial charge >= 0.3 is 0 Å². The Morgan fingerprint density at radius 2 is 2.10 bits per heavy atom. The number of hydrogen-bond donors (Lipinski definition) is 0. The van der Waals surface area contributed by atoms with Gasteiger partial charge in [-0.2, -0.15) is 0 Å². The van der Waals surface area contributed by atoms with Gasteiger partial charge < -0.3 is 9.64 Å².